The molecule has 0 saturated heterocycles. The maximum absolute atomic E-state index is 12.1. The lowest BCUT2D eigenvalue weighted by molar-refractivity contribution is -0.124. The van der Waals surface area contributed by atoms with Crippen molar-refractivity contribution in [3.05, 3.63) is 48.3 Å². The molecule has 0 spiro atoms. The maximum Gasteiger partial charge on any atom is 0.223 e. The normalized spacial score (nSPS) is 13.0. The predicted octanol–water partition coefficient (Wildman–Crippen LogP) is 1.84. The Kier molecular flexibility index (Phi) is 7.74. The molecule has 23 heavy (non-hydrogen) atoms. The minimum Gasteiger partial charge on any atom is -0.380 e. The zero-order valence-electron chi connectivity index (χ0n) is 13.3. The van der Waals surface area contributed by atoms with Gasteiger partial charge < -0.3 is 15.8 Å². The van der Waals surface area contributed by atoms with E-state index >= 15 is 0 Å². The Balaban J connectivity index is 0.00000264. The molecule has 3 N–H and O–H groups in total. The summed E-state index contributed by atoms with van der Waals surface area (Å²) in [5, 5.41) is 7.23. The summed E-state index contributed by atoms with van der Waals surface area (Å²) < 4.78 is 6.93. The number of para-hydroxylation sites is 1. The zero-order valence-corrected chi connectivity index (χ0v) is 14.1. The number of nitrogens with one attached hydrogen (secondary N) is 1. The van der Waals surface area contributed by atoms with Crippen molar-refractivity contribution in [2.45, 2.75) is 25.5 Å². The van der Waals surface area contributed by atoms with Crippen molar-refractivity contribution < 1.29 is 9.53 Å². The van der Waals surface area contributed by atoms with Crippen molar-refractivity contribution in [3.8, 4) is 5.69 Å². The van der Waals surface area contributed by atoms with Crippen LogP contribution in [0.1, 0.15) is 24.9 Å². The van der Waals surface area contributed by atoms with Gasteiger partial charge >= 0.3 is 0 Å². The monoisotopic (exact) mass is 338 g/mol. The molecule has 0 fully saturated rings. The summed E-state index contributed by atoms with van der Waals surface area (Å²) in [5.74, 6) is -0.0833. The highest BCUT2D eigenvalue weighted by Crippen LogP contribution is 2.21. The molecule has 0 aliphatic heterocycles. The molecule has 1 aromatic carbocycles. The second kappa shape index (κ2) is 9.29. The zero-order chi connectivity index (χ0) is 15.9. The molecule has 6 nitrogen and oxygen atoms in total. The maximum atomic E-state index is 12.1. The van der Waals surface area contributed by atoms with Gasteiger partial charge in [-0.15, -0.1) is 12.4 Å². The van der Waals surface area contributed by atoms with E-state index in [1.165, 1.54) is 0 Å². The molecule has 2 atom stereocenters. The van der Waals surface area contributed by atoms with Crippen LogP contribution in [0.5, 0.6) is 0 Å². The summed E-state index contributed by atoms with van der Waals surface area (Å²) in [6.45, 7) is 2.27. The smallest absolute Gasteiger partial charge is 0.223 e. The number of aromatic nitrogens is 2. The second-order valence-electron chi connectivity index (χ2n) is 5.10. The van der Waals surface area contributed by atoms with E-state index in [0.717, 1.165) is 11.3 Å². The van der Waals surface area contributed by atoms with Crippen molar-refractivity contribution in [1.82, 2.24) is 15.1 Å². The molecule has 7 heteroatoms. The largest absolute Gasteiger partial charge is 0.380 e. The van der Waals surface area contributed by atoms with Gasteiger partial charge in [-0.05, 0) is 24.6 Å². The van der Waals surface area contributed by atoms with Gasteiger partial charge in [-0.2, -0.15) is 5.10 Å². The molecule has 126 valence electrons. The summed E-state index contributed by atoms with van der Waals surface area (Å²) in [6, 6.07) is 9.59. The van der Waals surface area contributed by atoms with Crippen molar-refractivity contribution in [2.75, 3.05) is 13.7 Å². The first-order valence-electron chi connectivity index (χ1n) is 7.27. The Hall–Kier alpha value is -1.89. The molecular formula is C16H23ClN4O2. The first-order valence-corrected chi connectivity index (χ1v) is 7.27. The van der Waals surface area contributed by atoms with Crippen LogP contribution in [-0.4, -0.2) is 35.4 Å². The van der Waals surface area contributed by atoms with E-state index in [9.17, 15) is 4.79 Å². The van der Waals surface area contributed by atoms with Gasteiger partial charge in [0.05, 0.1) is 24.3 Å². The lowest BCUT2D eigenvalue weighted by atomic mass is 10.1. The predicted molar refractivity (Wildman–Crippen MR) is 91.8 cm³/mol. The van der Waals surface area contributed by atoms with Crippen LogP contribution < -0.4 is 11.1 Å². The van der Waals surface area contributed by atoms with E-state index in [0.29, 0.717) is 6.54 Å². The van der Waals surface area contributed by atoms with Crippen LogP contribution in [0, 0.1) is 0 Å². The molecule has 0 aliphatic carbocycles. The third-order valence-electron chi connectivity index (χ3n) is 3.54. The highest BCUT2D eigenvalue weighted by Gasteiger charge is 2.17. The van der Waals surface area contributed by atoms with Crippen LogP contribution in [0.3, 0.4) is 0 Å². The van der Waals surface area contributed by atoms with Crippen LogP contribution in [0.15, 0.2) is 42.7 Å². The van der Waals surface area contributed by atoms with Crippen molar-refractivity contribution >= 4 is 18.3 Å². The standard InChI is InChI=1S/C16H22N4O2.ClH/c1-12(19-16(21)10-13(11-17)22-2)14-6-3-4-7-15(14)20-9-5-8-18-20;/h3-9,12-13H,10-11,17H2,1-2H3,(H,19,21);1H. The molecule has 0 aliphatic rings. The number of methoxy groups -OCH3 is 1. The van der Waals surface area contributed by atoms with Crippen LogP contribution in [0.25, 0.3) is 5.69 Å². The quantitative estimate of drug-likeness (QED) is 0.807. The van der Waals surface area contributed by atoms with Crippen LogP contribution in [0.2, 0.25) is 0 Å². The first-order chi connectivity index (χ1) is 10.7. The van der Waals surface area contributed by atoms with Gasteiger partial charge in [0.25, 0.3) is 0 Å². The first kappa shape index (κ1) is 19.2. The molecule has 1 amide bonds. The van der Waals surface area contributed by atoms with Gasteiger partial charge in [-0.3, -0.25) is 4.79 Å². The second-order valence-corrected chi connectivity index (χ2v) is 5.10. The fourth-order valence-electron chi connectivity index (χ4n) is 2.32. The SMILES string of the molecule is COC(CN)CC(=O)NC(C)c1ccccc1-n1cccn1.Cl. The fraction of sp³-hybridized carbons (Fsp3) is 0.375. The van der Waals surface area contributed by atoms with E-state index in [-0.39, 0.29) is 36.9 Å². The van der Waals surface area contributed by atoms with E-state index in [1.54, 1.807) is 18.0 Å². The van der Waals surface area contributed by atoms with Crippen molar-refractivity contribution in [1.29, 1.82) is 0 Å². The molecule has 0 saturated carbocycles. The average molecular weight is 339 g/mol. The molecule has 2 unspecified atom stereocenters. The van der Waals surface area contributed by atoms with Crippen LogP contribution in [-0.2, 0) is 9.53 Å². The number of nitrogens with two attached hydrogens (primary N) is 1. The van der Waals surface area contributed by atoms with E-state index in [2.05, 4.69) is 10.4 Å². The molecule has 1 heterocycles. The number of hydrogen-bond donors (Lipinski definition) is 2. The van der Waals surface area contributed by atoms with Gasteiger partial charge in [-0.1, -0.05) is 18.2 Å². The van der Waals surface area contributed by atoms with E-state index in [1.807, 2.05) is 43.5 Å². The topological polar surface area (TPSA) is 82.2 Å². The Morgan fingerprint density at radius 1 is 1.39 bits per heavy atom. The summed E-state index contributed by atoms with van der Waals surface area (Å²) in [5.41, 5.74) is 7.49. The third-order valence-corrected chi connectivity index (χ3v) is 3.54. The number of ether oxygens (including phenoxy) is 1. The third kappa shape index (κ3) is 5.06. The Morgan fingerprint density at radius 3 is 2.74 bits per heavy atom. The van der Waals surface area contributed by atoms with Gasteiger partial charge in [-0.25, -0.2) is 4.68 Å². The van der Waals surface area contributed by atoms with Crippen molar-refractivity contribution in [2.24, 2.45) is 5.73 Å². The number of amides is 1. The molecule has 0 bridgehead atoms. The summed E-state index contributed by atoms with van der Waals surface area (Å²) in [7, 11) is 1.56. The highest BCUT2D eigenvalue weighted by molar-refractivity contribution is 5.85. The minimum atomic E-state index is -0.256. The Labute approximate surface area is 142 Å². The lowest BCUT2D eigenvalue weighted by Gasteiger charge is -2.19. The minimum absolute atomic E-state index is 0. The van der Waals surface area contributed by atoms with Gasteiger partial charge in [0, 0.05) is 26.0 Å². The molecule has 0 radical (unpaired) electrons. The Bertz CT molecular complexity index is 600. The summed E-state index contributed by atoms with van der Waals surface area (Å²) in [6.07, 6.45) is 3.60. The lowest BCUT2D eigenvalue weighted by Crippen LogP contribution is -2.33. The summed E-state index contributed by atoms with van der Waals surface area (Å²) >= 11 is 0. The van der Waals surface area contributed by atoms with E-state index in [4.69, 9.17) is 10.5 Å². The molecule has 2 rings (SSSR count). The van der Waals surface area contributed by atoms with Gasteiger partial charge in [0.1, 0.15) is 0 Å². The number of rotatable bonds is 7. The van der Waals surface area contributed by atoms with Crippen molar-refractivity contribution in [3.63, 3.8) is 0 Å². The number of carbonyl (C=O) groups is 1. The number of halogens is 1. The number of benzene rings is 1. The van der Waals surface area contributed by atoms with Gasteiger partial charge in [0.15, 0.2) is 0 Å². The van der Waals surface area contributed by atoms with Gasteiger partial charge in [0.2, 0.25) is 5.91 Å². The number of carbonyl (C=O) groups excluding carboxylic acids is 1. The number of nitrogens with zero attached hydrogens (tertiary/aromatic N) is 2. The number of hydrogen-bond acceptors (Lipinski definition) is 4. The average Bonchev–Trinajstić information content (AvgIpc) is 3.06. The van der Waals surface area contributed by atoms with Crippen LogP contribution >= 0.6 is 12.4 Å². The Morgan fingerprint density at radius 2 is 2.13 bits per heavy atom. The molecule has 2 aromatic rings. The highest BCUT2D eigenvalue weighted by atomic mass is 35.5. The fourth-order valence-corrected chi connectivity index (χ4v) is 2.32. The summed E-state index contributed by atoms with van der Waals surface area (Å²) in [4.78, 5) is 12.1. The molecular weight excluding hydrogens is 316 g/mol. The van der Waals surface area contributed by atoms with Crippen LogP contribution in [0.4, 0.5) is 0 Å². The van der Waals surface area contributed by atoms with E-state index < -0.39 is 0 Å². The molecule has 1 aromatic heterocycles.